The fourth-order valence-electron chi connectivity index (χ4n) is 1.42. The molecule has 0 fully saturated rings. The van der Waals surface area contributed by atoms with Crippen LogP contribution in [0.2, 0.25) is 0 Å². The number of nitrogens with zero attached hydrogens (tertiary/aromatic N) is 1. The Balaban J connectivity index is 2.80. The summed E-state index contributed by atoms with van der Waals surface area (Å²) in [4.78, 5) is 12.5. The fourth-order valence-corrected chi connectivity index (χ4v) is 1.42. The predicted molar refractivity (Wildman–Crippen MR) is 73.7 cm³/mol. The summed E-state index contributed by atoms with van der Waals surface area (Å²) in [5, 5.41) is 8.60. The first-order chi connectivity index (χ1) is 9.02. The second-order valence-corrected chi connectivity index (χ2v) is 4.23. The fraction of sp³-hybridized carbons (Fsp3) is 0.357. The van der Waals surface area contributed by atoms with Gasteiger partial charge in [0.25, 0.3) is 0 Å². The molecular formula is C14H19NO4. The highest BCUT2D eigenvalue weighted by Crippen LogP contribution is 2.28. The quantitative estimate of drug-likeness (QED) is 0.761. The molecule has 0 atom stereocenters. The Morgan fingerprint density at radius 3 is 2.68 bits per heavy atom. The molecule has 19 heavy (non-hydrogen) atoms. The molecule has 5 heteroatoms. The van der Waals surface area contributed by atoms with E-state index in [9.17, 15) is 4.79 Å². The van der Waals surface area contributed by atoms with Crippen molar-refractivity contribution in [2.24, 2.45) is 0 Å². The molecule has 0 aliphatic heterocycles. The molecule has 5 nitrogen and oxygen atoms in total. The van der Waals surface area contributed by atoms with Crippen molar-refractivity contribution in [2.45, 2.75) is 0 Å². The van der Waals surface area contributed by atoms with Crippen molar-refractivity contribution in [3.63, 3.8) is 0 Å². The van der Waals surface area contributed by atoms with Gasteiger partial charge in [-0.2, -0.15) is 0 Å². The lowest BCUT2D eigenvalue weighted by atomic mass is 10.2. The maximum Gasteiger partial charge on any atom is 0.328 e. The van der Waals surface area contributed by atoms with E-state index in [1.165, 1.54) is 6.08 Å². The van der Waals surface area contributed by atoms with E-state index in [-0.39, 0.29) is 0 Å². The number of hydrogen-bond donors (Lipinski definition) is 1. The molecule has 0 amide bonds. The van der Waals surface area contributed by atoms with Gasteiger partial charge in [-0.15, -0.1) is 0 Å². The van der Waals surface area contributed by atoms with Crippen molar-refractivity contribution in [1.82, 2.24) is 4.90 Å². The third-order valence-electron chi connectivity index (χ3n) is 2.40. The Kier molecular flexibility index (Phi) is 5.89. The predicted octanol–water partition coefficient (Wildman–Crippen LogP) is 1.73. The van der Waals surface area contributed by atoms with Crippen LogP contribution in [-0.2, 0) is 4.79 Å². The molecule has 1 N–H and O–H groups in total. The van der Waals surface area contributed by atoms with Gasteiger partial charge in [0.05, 0.1) is 7.11 Å². The molecule has 0 saturated carbocycles. The van der Waals surface area contributed by atoms with E-state index in [4.69, 9.17) is 14.6 Å². The van der Waals surface area contributed by atoms with Crippen molar-refractivity contribution in [3.05, 3.63) is 29.8 Å². The first-order valence-electron chi connectivity index (χ1n) is 5.89. The number of methoxy groups -OCH3 is 1. The van der Waals surface area contributed by atoms with E-state index < -0.39 is 5.97 Å². The van der Waals surface area contributed by atoms with Crippen molar-refractivity contribution < 1.29 is 19.4 Å². The van der Waals surface area contributed by atoms with Crippen molar-refractivity contribution in [1.29, 1.82) is 0 Å². The largest absolute Gasteiger partial charge is 0.493 e. The van der Waals surface area contributed by atoms with E-state index in [0.29, 0.717) is 18.1 Å². The smallest absolute Gasteiger partial charge is 0.328 e. The van der Waals surface area contributed by atoms with Gasteiger partial charge in [0.1, 0.15) is 6.61 Å². The highest BCUT2D eigenvalue weighted by atomic mass is 16.5. The average molecular weight is 265 g/mol. The van der Waals surface area contributed by atoms with Crippen LogP contribution in [0, 0.1) is 0 Å². The Hall–Kier alpha value is -2.01. The van der Waals surface area contributed by atoms with Gasteiger partial charge in [-0.05, 0) is 37.9 Å². The zero-order chi connectivity index (χ0) is 14.3. The van der Waals surface area contributed by atoms with Gasteiger partial charge in [0.2, 0.25) is 0 Å². The number of carboxylic acid groups (broad SMARTS) is 1. The van der Waals surface area contributed by atoms with Crippen LogP contribution in [0.3, 0.4) is 0 Å². The van der Waals surface area contributed by atoms with E-state index in [2.05, 4.69) is 0 Å². The lowest BCUT2D eigenvalue weighted by Gasteiger charge is -2.13. The number of rotatable bonds is 7. The second-order valence-electron chi connectivity index (χ2n) is 4.23. The van der Waals surface area contributed by atoms with Gasteiger partial charge in [-0.3, -0.25) is 0 Å². The molecular weight excluding hydrogens is 246 g/mol. The van der Waals surface area contributed by atoms with Crippen LogP contribution >= 0.6 is 0 Å². The maximum atomic E-state index is 10.5. The summed E-state index contributed by atoms with van der Waals surface area (Å²) in [5.41, 5.74) is 0.753. The highest BCUT2D eigenvalue weighted by molar-refractivity contribution is 5.85. The van der Waals surface area contributed by atoms with Gasteiger partial charge in [0.15, 0.2) is 11.5 Å². The van der Waals surface area contributed by atoms with Gasteiger partial charge in [-0.1, -0.05) is 6.07 Å². The maximum absolute atomic E-state index is 10.5. The third kappa shape index (κ3) is 5.44. The molecule has 0 aliphatic rings. The number of carbonyl (C=O) groups is 1. The molecule has 0 heterocycles. The van der Waals surface area contributed by atoms with Gasteiger partial charge in [0, 0.05) is 12.6 Å². The summed E-state index contributed by atoms with van der Waals surface area (Å²) in [5.74, 6) is 0.258. The van der Waals surface area contributed by atoms with Crippen molar-refractivity contribution in [3.8, 4) is 11.5 Å². The Morgan fingerprint density at radius 2 is 2.11 bits per heavy atom. The van der Waals surface area contributed by atoms with Crippen LogP contribution in [0.5, 0.6) is 11.5 Å². The average Bonchev–Trinajstić information content (AvgIpc) is 2.36. The minimum atomic E-state index is -0.981. The van der Waals surface area contributed by atoms with Crippen molar-refractivity contribution >= 4 is 12.0 Å². The summed E-state index contributed by atoms with van der Waals surface area (Å²) in [6, 6.07) is 5.29. The molecule has 0 aliphatic carbocycles. The van der Waals surface area contributed by atoms with Crippen LogP contribution in [0.4, 0.5) is 0 Å². The molecule has 0 spiro atoms. The minimum Gasteiger partial charge on any atom is -0.493 e. The third-order valence-corrected chi connectivity index (χ3v) is 2.40. The SMILES string of the molecule is COc1ccc(C=CC(=O)O)cc1OCCN(C)C. The van der Waals surface area contributed by atoms with E-state index in [0.717, 1.165) is 18.2 Å². The van der Waals surface area contributed by atoms with Crippen LogP contribution in [0.25, 0.3) is 6.08 Å². The molecule has 104 valence electrons. The van der Waals surface area contributed by atoms with Crippen molar-refractivity contribution in [2.75, 3.05) is 34.4 Å². The molecule has 0 unspecified atom stereocenters. The van der Waals surface area contributed by atoms with E-state index in [1.54, 1.807) is 25.3 Å². The molecule has 0 radical (unpaired) electrons. The topological polar surface area (TPSA) is 59.0 Å². The number of benzene rings is 1. The van der Waals surface area contributed by atoms with Gasteiger partial charge in [-0.25, -0.2) is 4.79 Å². The first kappa shape index (κ1) is 15.0. The lowest BCUT2D eigenvalue weighted by Crippen LogP contribution is -2.19. The minimum absolute atomic E-state index is 0.537. The van der Waals surface area contributed by atoms with Crippen LogP contribution < -0.4 is 9.47 Å². The summed E-state index contributed by atoms with van der Waals surface area (Å²) >= 11 is 0. The summed E-state index contributed by atoms with van der Waals surface area (Å²) in [6.45, 7) is 1.33. The van der Waals surface area contributed by atoms with E-state index >= 15 is 0 Å². The first-order valence-corrected chi connectivity index (χ1v) is 5.89. The lowest BCUT2D eigenvalue weighted by molar-refractivity contribution is -0.131. The highest BCUT2D eigenvalue weighted by Gasteiger charge is 2.05. The number of carboxylic acids is 1. The summed E-state index contributed by atoms with van der Waals surface area (Å²) in [6.07, 6.45) is 2.60. The molecule has 0 bridgehead atoms. The number of aliphatic carboxylic acids is 1. The summed E-state index contributed by atoms with van der Waals surface area (Å²) in [7, 11) is 5.50. The molecule has 1 rings (SSSR count). The number of ether oxygens (including phenoxy) is 2. The molecule has 1 aromatic carbocycles. The molecule has 1 aromatic rings. The van der Waals surface area contributed by atoms with Crippen LogP contribution in [-0.4, -0.2) is 50.3 Å². The zero-order valence-electron chi connectivity index (χ0n) is 11.4. The van der Waals surface area contributed by atoms with Gasteiger partial charge >= 0.3 is 5.97 Å². The monoisotopic (exact) mass is 265 g/mol. The van der Waals surface area contributed by atoms with Crippen LogP contribution in [0.15, 0.2) is 24.3 Å². The van der Waals surface area contributed by atoms with E-state index in [1.807, 2.05) is 19.0 Å². The second kappa shape index (κ2) is 7.43. The Bertz CT molecular complexity index is 455. The van der Waals surface area contributed by atoms with Gasteiger partial charge < -0.3 is 19.5 Å². The number of likely N-dealkylation sites (N-methyl/N-ethyl adjacent to an activating group) is 1. The molecule has 0 aromatic heterocycles. The Labute approximate surface area is 113 Å². The van der Waals surface area contributed by atoms with Crippen LogP contribution in [0.1, 0.15) is 5.56 Å². The summed E-state index contributed by atoms with van der Waals surface area (Å²) < 4.78 is 10.8. The zero-order valence-corrected chi connectivity index (χ0v) is 11.4. The number of hydrogen-bond acceptors (Lipinski definition) is 4. The standard InChI is InChI=1S/C14H19NO4/c1-15(2)8-9-19-13-10-11(5-7-14(16)17)4-6-12(13)18-3/h4-7,10H,8-9H2,1-3H3,(H,16,17). The Morgan fingerprint density at radius 1 is 1.37 bits per heavy atom. The molecule has 0 saturated heterocycles. The normalized spacial score (nSPS) is 10.9.